The van der Waals surface area contributed by atoms with Gasteiger partial charge in [0.05, 0.1) is 7.11 Å². The predicted octanol–water partition coefficient (Wildman–Crippen LogP) is 0.794. The van der Waals surface area contributed by atoms with Crippen molar-refractivity contribution in [3.63, 3.8) is 0 Å². The van der Waals surface area contributed by atoms with E-state index >= 15 is 0 Å². The summed E-state index contributed by atoms with van der Waals surface area (Å²) in [7, 11) is 1.62. The summed E-state index contributed by atoms with van der Waals surface area (Å²) in [5.74, 6) is 0.0146. The van der Waals surface area contributed by atoms with Crippen molar-refractivity contribution in [3.05, 3.63) is 29.3 Å². The molecule has 0 fully saturated rings. The van der Waals surface area contributed by atoms with E-state index in [0.717, 1.165) is 16.9 Å². The number of hydrogen-bond acceptors (Lipinski definition) is 3. The van der Waals surface area contributed by atoms with Gasteiger partial charge in [0.2, 0.25) is 0 Å². The number of fused-ring (bicyclic) bond motifs is 1. The average molecular weight is 207 g/mol. The van der Waals surface area contributed by atoms with Gasteiger partial charge in [-0.2, -0.15) is 0 Å². The Morgan fingerprint density at radius 1 is 1.53 bits per heavy atom. The van der Waals surface area contributed by atoms with Crippen molar-refractivity contribution in [2.75, 3.05) is 7.11 Å². The Kier molecular flexibility index (Phi) is 2.60. The van der Waals surface area contributed by atoms with Crippen LogP contribution in [0.3, 0.4) is 0 Å². The average Bonchev–Trinajstić information content (AvgIpc) is 2.27. The molecule has 1 aromatic rings. The third kappa shape index (κ3) is 1.94. The van der Waals surface area contributed by atoms with Crippen LogP contribution in [0.4, 0.5) is 0 Å². The molecule has 0 saturated heterocycles. The number of hydrogen-bond donors (Lipinski definition) is 2. The summed E-state index contributed by atoms with van der Waals surface area (Å²) < 4.78 is 5.11. The number of ether oxygens (including phenoxy) is 1. The monoisotopic (exact) mass is 207 g/mol. The highest BCUT2D eigenvalue weighted by Gasteiger charge is 2.23. The fourth-order valence-electron chi connectivity index (χ4n) is 1.79. The summed E-state index contributed by atoms with van der Waals surface area (Å²) >= 11 is 0. The Hall–Kier alpha value is -1.55. The number of methoxy groups -OCH3 is 1. The smallest absolute Gasteiger partial charge is 0.321 e. The van der Waals surface area contributed by atoms with Crippen molar-refractivity contribution in [2.24, 2.45) is 0 Å². The molecular formula is C11H13NO3. The predicted molar refractivity (Wildman–Crippen MR) is 55.0 cm³/mol. The van der Waals surface area contributed by atoms with E-state index < -0.39 is 12.0 Å². The quantitative estimate of drug-likeness (QED) is 0.753. The van der Waals surface area contributed by atoms with E-state index in [-0.39, 0.29) is 0 Å². The summed E-state index contributed by atoms with van der Waals surface area (Å²) in [6.07, 6.45) is 0.536. The Morgan fingerprint density at radius 2 is 2.33 bits per heavy atom. The van der Waals surface area contributed by atoms with Gasteiger partial charge in [0.25, 0.3) is 0 Å². The second kappa shape index (κ2) is 3.90. The van der Waals surface area contributed by atoms with Crippen molar-refractivity contribution >= 4 is 5.97 Å². The van der Waals surface area contributed by atoms with Crippen LogP contribution in [0.2, 0.25) is 0 Å². The summed E-state index contributed by atoms with van der Waals surface area (Å²) in [5, 5.41) is 11.8. The number of carbonyl (C=O) groups is 1. The van der Waals surface area contributed by atoms with E-state index in [0.29, 0.717) is 13.0 Å². The van der Waals surface area contributed by atoms with E-state index in [1.165, 1.54) is 0 Å². The molecule has 0 saturated carbocycles. The maximum absolute atomic E-state index is 10.8. The molecule has 4 nitrogen and oxygen atoms in total. The van der Waals surface area contributed by atoms with Crippen molar-refractivity contribution in [2.45, 2.75) is 19.0 Å². The summed E-state index contributed by atoms with van der Waals surface area (Å²) in [4.78, 5) is 10.8. The summed E-state index contributed by atoms with van der Waals surface area (Å²) in [6.45, 7) is 0.587. The van der Waals surface area contributed by atoms with Gasteiger partial charge < -0.3 is 15.2 Å². The standard InChI is InChI=1S/C11H13NO3/c1-15-9-3-2-7-5-10(11(13)14)12-6-8(7)4-9/h2-4,10,12H,5-6H2,1H3,(H,13,14). The summed E-state index contributed by atoms with van der Waals surface area (Å²) in [5.41, 5.74) is 2.20. The van der Waals surface area contributed by atoms with Gasteiger partial charge in [-0.15, -0.1) is 0 Å². The first-order valence-corrected chi connectivity index (χ1v) is 4.82. The second-order valence-corrected chi connectivity index (χ2v) is 3.61. The van der Waals surface area contributed by atoms with Gasteiger partial charge in [-0.05, 0) is 29.7 Å². The van der Waals surface area contributed by atoms with Gasteiger partial charge in [0.1, 0.15) is 11.8 Å². The van der Waals surface area contributed by atoms with E-state index in [2.05, 4.69) is 5.32 Å². The minimum Gasteiger partial charge on any atom is -0.497 e. The van der Waals surface area contributed by atoms with Crippen LogP contribution >= 0.6 is 0 Å². The molecule has 80 valence electrons. The fraction of sp³-hybridized carbons (Fsp3) is 0.364. The first kappa shape index (κ1) is 9.98. The molecule has 0 aliphatic carbocycles. The van der Waals surface area contributed by atoms with Gasteiger partial charge in [0.15, 0.2) is 0 Å². The van der Waals surface area contributed by atoms with Crippen molar-refractivity contribution in [1.29, 1.82) is 0 Å². The van der Waals surface area contributed by atoms with Crippen LogP contribution in [-0.2, 0) is 17.8 Å². The normalized spacial score (nSPS) is 19.4. The fourth-order valence-corrected chi connectivity index (χ4v) is 1.79. The van der Waals surface area contributed by atoms with Gasteiger partial charge in [0, 0.05) is 6.54 Å². The number of nitrogens with one attached hydrogen (secondary N) is 1. The number of carboxylic acid groups (broad SMARTS) is 1. The van der Waals surface area contributed by atoms with Gasteiger partial charge >= 0.3 is 5.97 Å². The number of aliphatic carboxylic acids is 1. The lowest BCUT2D eigenvalue weighted by Gasteiger charge is -2.23. The number of carboxylic acids is 1. The molecule has 4 heteroatoms. The molecule has 0 bridgehead atoms. The zero-order chi connectivity index (χ0) is 10.8. The van der Waals surface area contributed by atoms with Crippen LogP contribution in [0.25, 0.3) is 0 Å². The first-order chi connectivity index (χ1) is 7.20. The SMILES string of the molecule is COc1ccc2c(c1)CNC(C(=O)O)C2. The molecule has 1 aliphatic rings. The molecule has 1 aliphatic heterocycles. The van der Waals surface area contributed by atoms with Gasteiger partial charge in [-0.3, -0.25) is 4.79 Å². The topological polar surface area (TPSA) is 58.6 Å². The van der Waals surface area contributed by atoms with E-state index in [9.17, 15) is 4.79 Å². The second-order valence-electron chi connectivity index (χ2n) is 3.61. The third-order valence-electron chi connectivity index (χ3n) is 2.67. The van der Waals surface area contributed by atoms with E-state index in [1.54, 1.807) is 7.11 Å². The molecule has 15 heavy (non-hydrogen) atoms. The summed E-state index contributed by atoms with van der Waals surface area (Å²) in [6, 6.07) is 5.28. The maximum Gasteiger partial charge on any atom is 0.321 e. The molecular weight excluding hydrogens is 194 g/mol. The lowest BCUT2D eigenvalue weighted by molar-refractivity contribution is -0.139. The molecule has 1 unspecified atom stereocenters. The Bertz CT molecular complexity index is 389. The lowest BCUT2D eigenvalue weighted by atomic mass is 9.96. The Labute approximate surface area is 87.9 Å². The minimum atomic E-state index is -0.795. The van der Waals surface area contributed by atoms with E-state index in [4.69, 9.17) is 9.84 Å². The van der Waals surface area contributed by atoms with Crippen molar-refractivity contribution in [3.8, 4) is 5.75 Å². The molecule has 1 atom stereocenters. The largest absolute Gasteiger partial charge is 0.497 e. The van der Waals surface area contributed by atoms with Crippen LogP contribution in [-0.4, -0.2) is 24.2 Å². The van der Waals surface area contributed by atoms with Gasteiger partial charge in [-0.1, -0.05) is 6.07 Å². The maximum atomic E-state index is 10.8. The minimum absolute atomic E-state index is 0.467. The third-order valence-corrected chi connectivity index (χ3v) is 2.67. The Balaban J connectivity index is 2.24. The first-order valence-electron chi connectivity index (χ1n) is 4.82. The molecule has 0 aromatic heterocycles. The van der Waals surface area contributed by atoms with Crippen molar-refractivity contribution < 1.29 is 14.6 Å². The molecule has 2 rings (SSSR count). The number of benzene rings is 1. The number of rotatable bonds is 2. The van der Waals surface area contributed by atoms with Gasteiger partial charge in [-0.25, -0.2) is 0 Å². The van der Waals surface area contributed by atoms with Crippen LogP contribution in [0.1, 0.15) is 11.1 Å². The zero-order valence-electron chi connectivity index (χ0n) is 8.49. The highest BCUT2D eigenvalue weighted by Crippen LogP contribution is 2.22. The lowest BCUT2D eigenvalue weighted by Crippen LogP contribution is -2.41. The van der Waals surface area contributed by atoms with Crippen LogP contribution in [0.15, 0.2) is 18.2 Å². The molecule has 1 aromatic carbocycles. The van der Waals surface area contributed by atoms with Crippen LogP contribution in [0.5, 0.6) is 5.75 Å². The molecule has 0 radical (unpaired) electrons. The van der Waals surface area contributed by atoms with Crippen LogP contribution < -0.4 is 10.1 Å². The highest BCUT2D eigenvalue weighted by atomic mass is 16.5. The molecule has 0 amide bonds. The van der Waals surface area contributed by atoms with Crippen molar-refractivity contribution in [1.82, 2.24) is 5.32 Å². The zero-order valence-corrected chi connectivity index (χ0v) is 8.49. The molecule has 0 spiro atoms. The Morgan fingerprint density at radius 3 is 3.00 bits per heavy atom. The van der Waals surface area contributed by atoms with E-state index in [1.807, 2.05) is 18.2 Å². The van der Waals surface area contributed by atoms with Crippen LogP contribution in [0, 0.1) is 0 Å². The molecule has 2 N–H and O–H groups in total. The molecule has 1 heterocycles. The highest BCUT2D eigenvalue weighted by molar-refractivity contribution is 5.74.